The van der Waals surface area contributed by atoms with Gasteiger partial charge < -0.3 is 25.2 Å². The second-order valence-corrected chi connectivity index (χ2v) is 6.23. The Bertz CT molecular complexity index is 506. The molecule has 0 aliphatic rings. The van der Waals surface area contributed by atoms with Gasteiger partial charge in [0, 0.05) is 13.1 Å². The van der Waals surface area contributed by atoms with E-state index in [1.54, 1.807) is 33.1 Å². The molecule has 0 aromatic heterocycles. The van der Waals surface area contributed by atoms with Crippen molar-refractivity contribution in [3.63, 3.8) is 0 Å². The zero-order chi connectivity index (χ0) is 18.0. The summed E-state index contributed by atoms with van der Waals surface area (Å²) in [6.45, 7) is 6.70. The fourth-order valence-electron chi connectivity index (χ4n) is 2.04. The van der Waals surface area contributed by atoms with Crippen LogP contribution in [0.3, 0.4) is 0 Å². The average molecular weight is 338 g/mol. The van der Waals surface area contributed by atoms with Gasteiger partial charge in [-0.25, -0.2) is 0 Å². The SMILES string of the molecule is CCCCNC(=O)C(C)(C)NCC(O)COc1ccccc1OC. The number of benzene rings is 1. The number of aliphatic hydroxyl groups is 1. The zero-order valence-electron chi connectivity index (χ0n) is 15.1. The van der Waals surface area contributed by atoms with Crippen LogP contribution < -0.4 is 20.1 Å². The first kappa shape index (κ1) is 20.3. The molecular formula is C18H30N2O4. The maximum absolute atomic E-state index is 12.1. The third-order valence-corrected chi connectivity index (χ3v) is 3.66. The molecule has 0 aliphatic heterocycles. The average Bonchev–Trinajstić information content (AvgIpc) is 2.58. The molecule has 1 amide bonds. The molecule has 1 rings (SSSR count). The molecule has 0 heterocycles. The van der Waals surface area contributed by atoms with Gasteiger partial charge >= 0.3 is 0 Å². The predicted octanol–water partition coefficient (Wildman–Crippen LogP) is 1.72. The smallest absolute Gasteiger partial charge is 0.239 e. The third kappa shape index (κ3) is 6.76. The van der Waals surface area contributed by atoms with Crippen LogP contribution in [0.2, 0.25) is 0 Å². The van der Waals surface area contributed by atoms with Crippen molar-refractivity contribution in [2.75, 3.05) is 26.8 Å². The Morgan fingerprint density at radius 1 is 1.29 bits per heavy atom. The second-order valence-electron chi connectivity index (χ2n) is 6.23. The Balaban J connectivity index is 2.39. The van der Waals surface area contributed by atoms with Gasteiger partial charge in [0.25, 0.3) is 0 Å². The van der Waals surface area contributed by atoms with Gasteiger partial charge in [-0.1, -0.05) is 25.5 Å². The molecule has 0 fully saturated rings. The number of unbranched alkanes of at least 4 members (excludes halogenated alkanes) is 1. The van der Waals surface area contributed by atoms with E-state index in [0.717, 1.165) is 12.8 Å². The number of carbonyl (C=O) groups excluding carboxylic acids is 1. The summed E-state index contributed by atoms with van der Waals surface area (Å²) in [5.74, 6) is 1.12. The van der Waals surface area contributed by atoms with Crippen molar-refractivity contribution >= 4 is 5.91 Å². The predicted molar refractivity (Wildman–Crippen MR) is 94.5 cm³/mol. The highest BCUT2D eigenvalue weighted by atomic mass is 16.5. The molecule has 0 saturated carbocycles. The van der Waals surface area contributed by atoms with Crippen LogP contribution in [0, 0.1) is 0 Å². The fraction of sp³-hybridized carbons (Fsp3) is 0.611. The van der Waals surface area contributed by atoms with Crippen LogP contribution >= 0.6 is 0 Å². The van der Waals surface area contributed by atoms with E-state index in [1.165, 1.54) is 0 Å². The lowest BCUT2D eigenvalue weighted by molar-refractivity contribution is -0.126. The topological polar surface area (TPSA) is 79.8 Å². The summed E-state index contributed by atoms with van der Waals surface area (Å²) < 4.78 is 10.8. The van der Waals surface area contributed by atoms with E-state index in [0.29, 0.717) is 18.0 Å². The number of ether oxygens (including phenoxy) is 2. The fourth-order valence-corrected chi connectivity index (χ4v) is 2.04. The molecule has 0 bridgehead atoms. The first-order chi connectivity index (χ1) is 11.4. The number of methoxy groups -OCH3 is 1. The van der Waals surface area contributed by atoms with E-state index in [4.69, 9.17) is 9.47 Å². The Kier molecular flexibility index (Phi) is 8.57. The van der Waals surface area contributed by atoms with Crippen molar-refractivity contribution in [1.82, 2.24) is 10.6 Å². The minimum atomic E-state index is -0.751. The van der Waals surface area contributed by atoms with E-state index in [9.17, 15) is 9.90 Å². The summed E-state index contributed by atoms with van der Waals surface area (Å²) in [6, 6.07) is 7.27. The molecule has 136 valence electrons. The van der Waals surface area contributed by atoms with E-state index >= 15 is 0 Å². The third-order valence-electron chi connectivity index (χ3n) is 3.66. The van der Waals surface area contributed by atoms with E-state index in [-0.39, 0.29) is 19.1 Å². The number of rotatable bonds is 11. The van der Waals surface area contributed by atoms with Crippen LogP contribution in [0.25, 0.3) is 0 Å². The van der Waals surface area contributed by atoms with Gasteiger partial charge in [-0.3, -0.25) is 4.79 Å². The zero-order valence-corrected chi connectivity index (χ0v) is 15.1. The van der Waals surface area contributed by atoms with Gasteiger partial charge in [-0.2, -0.15) is 0 Å². The van der Waals surface area contributed by atoms with Crippen molar-refractivity contribution in [3.8, 4) is 11.5 Å². The number of para-hydroxylation sites is 2. The highest BCUT2D eigenvalue weighted by Gasteiger charge is 2.27. The number of nitrogens with one attached hydrogen (secondary N) is 2. The second kappa shape index (κ2) is 10.2. The molecule has 1 aromatic carbocycles. The highest BCUT2D eigenvalue weighted by molar-refractivity contribution is 5.85. The molecule has 1 atom stereocenters. The van der Waals surface area contributed by atoms with Crippen molar-refractivity contribution in [3.05, 3.63) is 24.3 Å². The van der Waals surface area contributed by atoms with Gasteiger partial charge in [-0.15, -0.1) is 0 Å². The van der Waals surface area contributed by atoms with Crippen LogP contribution in [-0.2, 0) is 4.79 Å². The number of amides is 1. The van der Waals surface area contributed by atoms with Crippen molar-refractivity contribution in [2.24, 2.45) is 0 Å². The Labute approximate surface area is 144 Å². The van der Waals surface area contributed by atoms with Gasteiger partial charge in [0.05, 0.1) is 12.6 Å². The van der Waals surface area contributed by atoms with E-state index < -0.39 is 11.6 Å². The summed E-state index contributed by atoms with van der Waals surface area (Å²) in [5.41, 5.74) is -0.751. The molecule has 1 aromatic rings. The van der Waals surface area contributed by atoms with Crippen molar-refractivity contribution in [1.29, 1.82) is 0 Å². The molecule has 6 nitrogen and oxygen atoms in total. The lowest BCUT2D eigenvalue weighted by Crippen LogP contribution is -2.55. The molecule has 24 heavy (non-hydrogen) atoms. The van der Waals surface area contributed by atoms with E-state index in [1.807, 2.05) is 12.1 Å². The van der Waals surface area contributed by atoms with Crippen LogP contribution in [0.5, 0.6) is 11.5 Å². The molecular weight excluding hydrogens is 308 g/mol. The number of β-amino-alcohol motifs (C(OH)–C–C–N with tert-alkyl or cyclic N) is 1. The summed E-state index contributed by atoms with van der Waals surface area (Å²) >= 11 is 0. The first-order valence-electron chi connectivity index (χ1n) is 8.38. The lowest BCUT2D eigenvalue weighted by atomic mass is 10.0. The van der Waals surface area contributed by atoms with Gasteiger partial charge in [0.2, 0.25) is 5.91 Å². The van der Waals surface area contributed by atoms with Gasteiger partial charge in [0.1, 0.15) is 12.7 Å². The van der Waals surface area contributed by atoms with Gasteiger partial charge in [-0.05, 0) is 32.4 Å². The van der Waals surface area contributed by atoms with Crippen molar-refractivity contribution in [2.45, 2.75) is 45.3 Å². The lowest BCUT2D eigenvalue weighted by Gasteiger charge is -2.26. The molecule has 6 heteroatoms. The largest absolute Gasteiger partial charge is 0.493 e. The van der Waals surface area contributed by atoms with Crippen LogP contribution in [0.4, 0.5) is 0 Å². The number of aliphatic hydroxyl groups excluding tert-OH is 1. The monoisotopic (exact) mass is 338 g/mol. The van der Waals surface area contributed by atoms with E-state index in [2.05, 4.69) is 17.6 Å². The minimum Gasteiger partial charge on any atom is -0.493 e. The molecule has 0 radical (unpaired) electrons. The highest BCUT2D eigenvalue weighted by Crippen LogP contribution is 2.25. The minimum absolute atomic E-state index is 0.0752. The Morgan fingerprint density at radius 2 is 1.96 bits per heavy atom. The van der Waals surface area contributed by atoms with Crippen molar-refractivity contribution < 1.29 is 19.4 Å². The normalized spacial score (nSPS) is 12.5. The number of hydrogen-bond acceptors (Lipinski definition) is 5. The summed E-state index contributed by atoms with van der Waals surface area (Å²) in [5, 5.41) is 16.0. The van der Waals surface area contributed by atoms with Gasteiger partial charge in [0.15, 0.2) is 11.5 Å². The number of carbonyl (C=O) groups is 1. The molecule has 3 N–H and O–H groups in total. The van der Waals surface area contributed by atoms with Crippen LogP contribution in [0.15, 0.2) is 24.3 Å². The quantitative estimate of drug-likeness (QED) is 0.535. The number of hydrogen-bond donors (Lipinski definition) is 3. The summed E-state index contributed by atoms with van der Waals surface area (Å²) in [4.78, 5) is 12.1. The molecule has 1 unspecified atom stereocenters. The maximum Gasteiger partial charge on any atom is 0.239 e. The van der Waals surface area contributed by atoms with Crippen LogP contribution in [-0.4, -0.2) is 49.5 Å². The summed E-state index contributed by atoms with van der Waals surface area (Å²) in [6.07, 6.45) is 1.25. The Hall–Kier alpha value is -1.79. The molecule has 0 spiro atoms. The molecule has 0 aliphatic carbocycles. The van der Waals surface area contributed by atoms with Crippen LogP contribution in [0.1, 0.15) is 33.6 Å². The standard InChI is InChI=1S/C18H30N2O4/c1-5-6-11-19-17(22)18(2,3)20-12-14(21)13-24-16-10-8-7-9-15(16)23-4/h7-10,14,20-21H,5-6,11-13H2,1-4H3,(H,19,22). The first-order valence-corrected chi connectivity index (χ1v) is 8.38. The maximum atomic E-state index is 12.1. The summed E-state index contributed by atoms with van der Waals surface area (Å²) in [7, 11) is 1.57. The Morgan fingerprint density at radius 3 is 2.58 bits per heavy atom. The molecule has 0 saturated heterocycles.